The second-order valence-electron chi connectivity index (χ2n) is 6.81. The largest absolute Gasteiger partial charge is 0.388 e. The first-order chi connectivity index (χ1) is 12.0. The molecule has 0 aliphatic carbocycles. The number of hydrogen-bond acceptors (Lipinski definition) is 5. The van der Waals surface area contributed by atoms with Crippen molar-refractivity contribution in [2.24, 2.45) is 0 Å². The summed E-state index contributed by atoms with van der Waals surface area (Å²) in [7, 11) is 3.42. The van der Waals surface area contributed by atoms with Crippen LogP contribution in [0.2, 0.25) is 0 Å². The second-order valence-corrected chi connectivity index (χ2v) is 6.81. The van der Waals surface area contributed by atoms with Gasteiger partial charge < -0.3 is 14.9 Å². The summed E-state index contributed by atoms with van der Waals surface area (Å²) in [6.45, 7) is 1.22. The first-order valence-electron chi connectivity index (χ1n) is 8.53. The van der Waals surface area contributed by atoms with E-state index < -0.39 is 5.60 Å². The highest BCUT2D eigenvalue weighted by molar-refractivity contribution is 5.76. The molecule has 1 N–H and O–H groups in total. The smallest absolute Gasteiger partial charge is 0.225 e. The standard InChI is InChI=1S/C19H24N4O2/c1-22(2)18(24)13-19(25)10-6-12-23(14-19)17-9-5-8-16(21-17)15-7-3-4-11-20-15/h3-5,7-9,11,25H,6,10,12-14H2,1-2H3. The molecule has 3 heterocycles. The number of carbonyl (C=O) groups excluding carboxylic acids is 1. The van der Waals surface area contributed by atoms with Crippen molar-refractivity contribution in [1.82, 2.24) is 14.9 Å². The van der Waals surface area contributed by atoms with Gasteiger partial charge in [0.25, 0.3) is 0 Å². The Hall–Kier alpha value is -2.47. The molecule has 6 heteroatoms. The molecule has 0 saturated carbocycles. The topological polar surface area (TPSA) is 69.6 Å². The number of aromatic nitrogens is 2. The minimum absolute atomic E-state index is 0.0560. The van der Waals surface area contributed by atoms with Crippen molar-refractivity contribution in [3.63, 3.8) is 0 Å². The molecule has 0 spiro atoms. The van der Waals surface area contributed by atoms with Crippen LogP contribution in [0.5, 0.6) is 0 Å². The molecule has 1 atom stereocenters. The van der Waals surface area contributed by atoms with Crippen LogP contribution in [0.15, 0.2) is 42.6 Å². The molecule has 3 rings (SSSR count). The fraction of sp³-hybridized carbons (Fsp3) is 0.421. The Kier molecular flexibility index (Phi) is 4.99. The highest BCUT2D eigenvalue weighted by atomic mass is 16.3. The first-order valence-corrected chi connectivity index (χ1v) is 8.53. The van der Waals surface area contributed by atoms with Crippen molar-refractivity contribution in [3.8, 4) is 11.4 Å². The highest BCUT2D eigenvalue weighted by Gasteiger charge is 2.36. The lowest BCUT2D eigenvalue weighted by molar-refractivity contribution is -0.134. The van der Waals surface area contributed by atoms with E-state index in [1.807, 2.05) is 36.4 Å². The molecule has 1 unspecified atom stereocenters. The summed E-state index contributed by atoms with van der Waals surface area (Å²) >= 11 is 0. The van der Waals surface area contributed by atoms with E-state index in [0.717, 1.165) is 30.2 Å². The van der Waals surface area contributed by atoms with Crippen molar-refractivity contribution >= 4 is 11.7 Å². The molecular weight excluding hydrogens is 316 g/mol. The Morgan fingerprint density at radius 1 is 1.24 bits per heavy atom. The summed E-state index contributed by atoms with van der Waals surface area (Å²) in [4.78, 5) is 24.6. The van der Waals surface area contributed by atoms with Gasteiger partial charge in [-0.3, -0.25) is 9.78 Å². The Morgan fingerprint density at radius 3 is 2.76 bits per heavy atom. The van der Waals surface area contributed by atoms with Gasteiger partial charge >= 0.3 is 0 Å². The van der Waals surface area contributed by atoms with Crippen LogP contribution in [0.25, 0.3) is 11.4 Å². The van der Waals surface area contributed by atoms with E-state index in [1.54, 1.807) is 20.3 Å². The van der Waals surface area contributed by atoms with Gasteiger partial charge in [-0.05, 0) is 37.1 Å². The molecule has 6 nitrogen and oxygen atoms in total. The number of rotatable bonds is 4. The van der Waals surface area contributed by atoms with Gasteiger partial charge in [0.1, 0.15) is 5.82 Å². The monoisotopic (exact) mass is 340 g/mol. The molecule has 0 bridgehead atoms. The summed E-state index contributed by atoms with van der Waals surface area (Å²) < 4.78 is 0. The van der Waals surface area contributed by atoms with Gasteiger partial charge in [-0.15, -0.1) is 0 Å². The summed E-state index contributed by atoms with van der Waals surface area (Å²) in [6, 6.07) is 11.5. The van der Waals surface area contributed by atoms with Crippen LogP contribution in [-0.4, -0.2) is 58.7 Å². The minimum atomic E-state index is -1.01. The lowest BCUT2D eigenvalue weighted by atomic mass is 9.89. The predicted octanol–water partition coefficient (Wildman–Crippen LogP) is 1.95. The van der Waals surface area contributed by atoms with Gasteiger partial charge in [-0.2, -0.15) is 0 Å². The number of β-amino-alcohol motifs (C(OH)–C–C–N with tert-alkyl or cyclic N) is 1. The number of amides is 1. The van der Waals surface area contributed by atoms with Crippen molar-refractivity contribution in [3.05, 3.63) is 42.6 Å². The lowest BCUT2D eigenvalue weighted by Crippen LogP contribution is -2.50. The summed E-state index contributed by atoms with van der Waals surface area (Å²) in [5.74, 6) is 0.748. The fourth-order valence-electron chi connectivity index (χ4n) is 3.15. The predicted molar refractivity (Wildman–Crippen MR) is 97.2 cm³/mol. The van der Waals surface area contributed by atoms with E-state index in [0.29, 0.717) is 13.0 Å². The normalized spacial score (nSPS) is 20.4. The van der Waals surface area contributed by atoms with Crippen LogP contribution in [-0.2, 0) is 4.79 Å². The zero-order chi connectivity index (χ0) is 17.9. The van der Waals surface area contributed by atoms with Crippen LogP contribution in [0.4, 0.5) is 5.82 Å². The van der Waals surface area contributed by atoms with E-state index in [-0.39, 0.29) is 12.3 Å². The maximum atomic E-state index is 12.0. The lowest BCUT2D eigenvalue weighted by Gasteiger charge is -2.40. The molecule has 1 aliphatic rings. The molecule has 132 valence electrons. The molecule has 2 aromatic heterocycles. The Balaban J connectivity index is 1.79. The molecular formula is C19H24N4O2. The van der Waals surface area contributed by atoms with Crippen LogP contribution in [0.1, 0.15) is 19.3 Å². The van der Waals surface area contributed by atoms with E-state index in [4.69, 9.17) is 4.98 Å². The highest BCUT2D eigenvalue weighted by Crippen LogP contribution is 2.29. The summed E-state index contributed by atoms with van der Waals surface area (Å²) in [5, 5.41) is 10.9. The third-order valence-electron chi connectivity index (χ3n) is 4.52. The Morgan fingerprint density at radius 2 is 2.04 bits per heavy atom. The molecule has 1 amide bonds. The van der Waals surface area contributed by atoms with Gasteiger partial charge in [0.2, 0.25) is 5.91 Å². The van der Waals surface area contributed by atoms with E-state index in [2.05, 4.69) is 9.88 Å². The van der Waals surface area contributed by atoms with E-state index in [9.17, 15) is 9.90 Å². The maximum Gasteiger partial charge on any atom is 0.225 e. The number of aliphatic hydroxyl groups is 1. The Bertz CT molecular complexity index is 735. The third-order valence-corrected chi connectivity index (χ3v) is 4.52. The minimum Gasteiger partial charge on any atom is -0.388 e. The van der Waals surface area contributed by atoms with Gasteiger partial charge in [0.05, 0.1) is 23.4 Å². The number of piperidine rings is 1. The SMILES string of the molecule is CN(C)C(=O)CC1(O)CCCN(c2cccc(-c3ccccn3)n2)C1. The Labute approximate surface area is 148 Å². The average Bonchev–Trinajstić information content (AvgIpc) is 2.62. The summed E-state index contributed by atoms with van der Waals surface area (Å²) in [6.07, 6.45) is 3.34. The maximum absolute atomic E-state index is 12.0. The van der Waals surface area contributed by atoms with Crippen molar-refractivity contribution in [2.45, 2.75) is 24.9 Å². The molecule has 0 radical (unpaired) electrons. The molecule has 1 aliphatic heterocycles. The number of pyridine rings is 2. The van der Waals surface area contributed by atoms with Gasteiger partial charge in [0, 0.05) is 33.4 Å². The van der Waals surface area contributed by atoms with Crippen LogP contribution in [0.3, 0.4) is 0 Å². The second kappa shape index (κ2) is 7.19. The van der Waals surface area contributed by atoms with Crippen molar-refractivity contribution < 1.29 is 9.90 Å². The van der Waals surface area contributed by atoms with E-state index in [1.165, 1.54) is 4.90 Å². The quantitative estimate of drug-likeness (QED) is 0.921. The molecule has 2 aromatic rings. The zero-order valence-corrected chi connectivity index (χ0v) is 14.7. The first kappa shape index (κ1) is 17.4. The van der Waals surface area contributed by atoms with Crippen LogP contribution < -0.4 is 4.90 Å². The third kappa shape index (κ3) is 4.14. The number of nitrogens with zero attached hydrogens (tertiary/aromatic N) is 4. The van der Waals surface area contributed by atoms with Crippen LogP contribution >= 0.6 is 0 Å². The van der Waals surface area contributed by atoms with Gasteiger partial charge in [-0.1, -0.05) is 12.1 Å². The van der Waals surface area contributed by atoms with Crippen LogP contribution in [0, 0.1) is 0 Å². The number of hydrogen-bond donors (Lipinski definition) is 1. The fourth-order valence-corrected chi connectivity index (χ4v) is 3.15. The van der Waals surface area contributed by atoms with E-state index >= 15 is 0 Å². The average molecular weight is 340 g/mol. The zero-order valence-electron chi connectivity index (χ0n) is 14.7. The molecule has 0 aromatic carbocycles. The summed E-state index contributed by atoms with van der Waals surface area (Å²) in [5.41, 5.74) is 0.610. The van der Waals surface area contributed by atoms with Crippen molar-refractivity contribution in [1.29, 1.82) is 0 Å². The number of anilines is 1. The number of carbonyl (C=O) groups is 1. The molecule has 1 fully saturated rings. The van der Waals surface area contributed by atoms with Gasteiger partial charge in [-0.25, -0.2) is 4.98 Å². The van der Waals surface area contributed by atoms with Crippen molar-refractivity contribution in [2.75, 3.05) is 32.1 Å². The van der Waals surface area contributed by atoms with Gasteiger partial charge in [0.15, 0.2) is 0 Å². The molecule has 25 heavy (non-hydrogen) atoms. The molecule has 1 saturated heterocycles.